The molecular formula is C19H23ClN2. The zero-order valence-corrected chi connectivity index (χ0v) is 13.9. The van der Waals surface area contributed by atoms with E-state index in [-0.39, 0.29) is 12.4 Å². The summed E-state index contributed by atoms with van der Waals surface area (Å²) < 4.78 is 0. The molecule has 3 heteroatoms. The van der Waals surface area contributed by atoms with Crippen LogP contribution in [0, 0.1) is 0 Å². The number of nitrogens with one attached hydrogen (secondary N) is 1. The van der Waals surface area contributed by atoms with E-state index in [9.17, 15) is 0 Å². The van der Waals surface area contributed by atoms with Crippen molar-refractivity contribution in [3.63, 3.8) is 0 Å². The highest BCUT2D eigenvalue weighted by atomic mass is 35.5. The van der Waals surface area contributed by atoms with E-state index in [2.05, 4.69) is 91.8 Å². The SMILES string of the molecule is C[C@H](c1ccccc1)N1C=C[NH+]([C@H](C)c2ccccc2)C1.[Cl-]. The Labute approximate surface area is 139 Å². The summed E-state index contributed by atoms with van der Waals surface area (Å²) in [5.41, 5.74) is 2.77. The number of hydrogen-bond acceptors (Lipinski definition) is 1. The molecule has 0 saturated carbocycles. The molecule has 3 atom stereocenters. The van der Waals surface area contributed by atoms with E-state index in [1.54, 1.807) is 0 Å². The third kappa shape index (κ3) is 3.52. The molecule has 0 fully saturated rings. The van der Waals surface area contributed by atoms with Gasteiger partial charge in [0.05, 0.1) is 12.2 Å². The number of quaternary nitrogens is 1. The van der Waals surface area contributed by atoms with Crippen LogP contribution < -0.4 is 17.3 Å². The standard InChI is InChI=1S/C19H22N2.ClH/c1-16(18-9-5-3-6-10-18)20-13-14-21(15-20)17(2)19-11-7-4-8-12-19;/h3-14,16-17H,15H2,1-2H3;1H/t16-,17-;/m1./s1. The van der Waals surface area contributed by atoms with Crippen LogP contribution in [0.5, 0.6) is 0 Å². The van der Waals surface area contributed by atoms with Gasteiger partial charge in [0.1, 0.15) is 12.2 Å². The molecule has 2 aromatic carbocycles. The molecule has 22 heavy (non-hydrogen) atoms. The minimum Gasteiger partial charge on any atom is -1.00 e. The van der Waals surface area contributed by atoms with Crippen molar-refractivity contribution in [2.24, 2.45) is 0 Å². The second kappa shape index (κ2) is 7.48. The monoisotopic (exact) mass is 314 g/mol. The summed E-state index contributed by atoms with van der Waals surface area (Å²) in [7, 11) is 0. The Balaban J connectivity index is 0.00000176. The Kier molecular flexibility index (Phi) is 5.64. The van der Waals surface area contributed by atoms with Gasteiger partial charge in [-0.2, -0.15) is 0 Å². The molecule has 116 valence electrons. The lowest BCUT2D eigenvalue weighted by atomic mass is 10.1. The second-order valence-electron chi connectivity index (χ2n) is 5.78. The van der Waals surface area contributed by atoms with E-state index in [1.807, 2.05) is 0 Å². The highest BCUT2D eigenvalue weighted by Crippen LogP contribution is 2.20. The fraction of sp³-hybridized carbons (Fsp3) is 0.263. The van der Waals surface area contributed by atoms with Gasteiger partial charge in [-0.1, -0.05) is 60.7 Å². The lowest BCUT2D eigenvalue weighted by Crippen LogP contribution is -3.07. The zero-order valence-electron chi connectivity index (χ0n) is 13.1. The zero-order chi connectivity index (χ0) is 14.7. The van der Waals surface area contributed by atoms with Crippen LogP contribution in [0.4, 0.5) is 0 Å². The lowest BCUT2D eigenvalue weighted by Gasteiger charge is -2.26. The smallest absolute Gasteiger partial charge is 0.157 e. The summed E-state index contributed by atoms with van der Waals surface area (Å²) in [5.74, 6) is 0. The fourth-order valence-corrected chi connectivity index (χ4v) is 2.93. The van der Waals surface area contributed by atoms with Crippen molar-refractivity contribution in [2.45, 2.75) is 25.9 Å². The van der Waals surface area contributed by atoms with Gasteiger partial charge in [0.25, 0.3) is 0 Å². The van der Waals surface area contributed by atoms with Gasteiger partial charge in [0, 0.05) is 5.56 Å². The van der Waals surface area contributed by atoms with E-state index in [0.29, 0.717) is 12.1 Å². The van der Waals surface area contributed by atoms with Gasteiger partial charge < -0.3 is 17.3 Å². The molecule has 0 spiro atoms. The van der Waals surface area contributed by atoms with E-state index in [0.717, 1.165) is 6.67 Å². The molecule has 0 amide bonds. The molecule has 3 rings (SSSR count). The number of benzene rings is 2. The minimum absolute atomic E-state index is 0. The van der Waals surface area contributed by atoms with Crippen molar-refractivity contribution in [2.75, 3.05) is 6.67 Å². The normalized spacial score (nSPS) is 19.5. The van der Waals surface area contributed by atoms with Gasteiger partial charge in [-0.25, -0.2) is 0 Å². The largest absolute Gasteiger partial charge is 1.00 e. The van der Waals surface area contributed by atoms with Gasteiger partial charge >= 0.3 is 0 Å². The van der Waals surface area contributed by atoms with Crippen molar-refractivity contribution in [3.8, 4) is 0 Å². The second-order valence-corrected chi connectivity index (χ2v) is 5.78. The third-order valence-electron chi connectivity index (χ3n) is 4.48. The summed E-state index contributed by atoms with van der Waals surface area (Å²) in [5, 5.41) is 0. The molecule has 0 bridgehead atoms. The van der Waals surface area contributed by atoms with E-state index < -0.39 is 0 Å². The van der Waals surface area contributed by atoms with Crippen molar-refractivity contribution in [3.05, 3.63) is 84.2 Å². The van der Waals surface area contributed by atoms with Crippen LogP contribution in [0.1, 0.15) is 37.1 Å². The Morgan fingerprint density at radius 2 is 1.41 bits per heavy atom. The first-order valence-corrected chi connectivity index (χ1v) is 7.65. The maximum Gasteiger partial charge on any atom is 0.157 e. The maximum atomic E-state index is 2.42. The third-order valence-corrected chi connectivity index (χ3v) is 4.48. The van der Waals surface area contributed by atoms with Crippen LogP contribution >= 0.6 is 0 Å². The van der Waals surface area contributed by atoms with Crippen LogP contribution in [0.3, 0.4) is 0 Å². The van der Waals surface area contributed by atoms with E-state index in [1.165, 1.54) is 16.0 Å². The highest BCUT2D eigenvalue weighted by molar-refractivity contribution is 5.19. The number of halogens is 1. The number of rotatable bonds is 4. The van der Waals surface area contributed by atoms with Gasteiger partial charge in [-0.05, 0) is 19.4 Å². The highest BCUT2D eigenvalue weighted by Gasteiger charge is 2.27. The fourth-order valence-electron chi connectivity index (χ4n) is 2.93. The van der Waals surface area contributed by atoms with Crippen LogP contribution in [-0.4, -0.2) is 11.6 Å². The van der Waals surface area contributed by atoms with Crippen LogP contribution in [-0.2, 0) is 0 Å². The molecule has 1 aliphatic heterocycles. The molecule has 0 saturated heterocycles. The Hall–Kier alpha value is -1.77. The predicted octanol–water partition coefficient (Wildman–Crippen LogP) is 0.142. The first-order valence-electron chi connectivity index (χ1n) is 7.65. The Morgan fingerprint density at radius 1 is 0.864 bits per heavy atom. The molecule has 1 aliphatic rings. The molecule has 0 aliphatic carbocycles. The lowest BCUT2D eigenvalue weighted by molar-refractivity contribution is -0.881. The molecule has 1 heterocycles. The van der Waals surface area contributed by atoms with Gasteiger partial charge in [0.15, 0.2) is 6.67 Å². The Morgan fingerprint density at radius 3 is 2.00 bits per heavy atom. The summed E-state index contributed by atoms with van der Waals surface area (Å²) in [4.78, 5) is 3.91. The Bertz CT molecular complexity index is 544. The average molecular weight is 315 g/mol. The number of nitrogens with zero attached hydrogens (tertiary/aromatic N) is 1. The molecule has 1 unspecified atom stereocenters. The molecule has 0 aromatic heterocycles. The van der Waals surface area contributed by atoms with E-state index >= 15 is 0 Å². The summed E-state index contributed by atoms with van der Waals surface area (Å²) in [6.45, 7) is 5.59. The number of hydrogen-bond donors (Lipinski definition) is 1. The predicted molar refractivity (Wildman–Crippen MR) is 86.5 cm³/mol. The van der Waals surface area contributed by atoms with Crippen LogP contribution in [0.2, 0.25) is 0 Å². The van der Waals surface area contributed by atoms with Crippen molar-refractivity contribution >= 4 is 0 Å². The topological polar surface area (TPSA) is 7.68 Å². The summed E-state index contributed by atoms with van der Waals surface area (Å²) in [6.07, 6.45) is 4.53. The van der Waals surface area contributed by atoms with E-state index in [4.69, 9.17) is 0 Å². The molecule has 1 N–H and O–H groups in total. The quantitative estimate of drug-likeness (QED) is 0.844. The molecule has 2 aromatic rings. The first kappa shape index (κ1) is 16.6. The van der Waals surface area contributed by atoms with Gasteiger partial charge in [-0.15, -0.1) is 0 Å². The van der Waals surface area contributed by atoms with Gasteiger partial charge in [0.2, 0.25) is 0 Å². The summed E-state index contributed by atoms with van der Waals surface area (Å²) >= 11 is 0. The summed E-state index contributed by atoms with van der Waals surface area (Å²) in [6, 6.07) is 22.4. The van der Waals surface area contributed by atoms with Gasteiger partial charge in [-0.3, -0.25) is 4.90 Å². The molecule has 2 nitrogen and oxygen atoms in total. The van der Waals surface area contributed by atoms with Crippen molar-refractivity contribution < 1.29 is 17.3 Å². The van der Waals surface area contributed by atoms with Crippen LogP contribution in [0.25, 0.3) is 0 Å². The minimum atomic E-state index is 0. The van der Waals surface area contributed by atoms with Crippen LogP contribution in [0.15, 0.2) is 73.1 Å². The average Bonchev–Trinajstić information content (AvgIpc) is 3.05. The maximum absolute atomic E-state index is 2.42. The molecular weight excluding hydrogens is 292 g/mol. The first-order chi connectivity index (χ1) is 10.3. The van der Waals surface area contributed by atoms with Crippen molar-refractivity contribution in [1.82, 2.24) is 4.90 Å². The molecule has 0 radical (unpaired) electrons. The van der Waals surface area contributed by atoms with Crippen molar-refractivity contribution in [1.29, 1.82) is 0 Å².